The fourth-order valence-electron chi connectivity index (χ4n) is 2.66. The van der Waals surface area contributed by atoms with E-state index in [4.69, 9.17) is 12.2 Å². The molecule has 118 valence electrons. The number of rotatable bonds is 6. The minimum atomic E-state index is -1.06. The summed E-state index contributed by atoms with van der Waals surface area (Å²) in [6.07, 6.45) is 3.54. The van der Waals surface area contributed by atoms with Crippen molar-refractivity contribution in [1.29, 1.82) is 0 Å². The van der Waals surface area contributed by atoms with Crippen LogP contribution in [0.1, 0.15) is 54.3 Å². The summed E-state index contributed by atoms with van der Waals surface area (Å²) in [5, 5.41) is 9.28. The number of halogens is 1. The van der Waals surface area contributed by atoms with Crippen LogP contribution in [-0.2, 0) is 6.42 Å². The third-order valence-corrected chi connectivity index (χ3v) is 4.02. The van der Waals surface area contributed by atoms with Gasteiger partial charge in [0.15, 0.2) is 4.77 Å². The molecule has 1 atom stereocenters. The largest absolute Gasteiger partial charge is 0.477 e. The molecular formula is C16H19FN2O2S. The molecule has 0 amide bonds. The number of benzene rings is 1. The van der Waals surface area contributed by atoms with Crippen LogP contribution in [0.4, 0.5) is 4.39 Å². The fraction of sp³-hybridized carbons (Fsp3) is 0.375. The molecule has 1 unspecified atom stereocenters. The molecule has 0 spiro atoms. The van der Waals surface area contributed by atoms with Crippen LogP contribution in [0.25, 0.3) is 0 Å². The van der Waals surface area contributed by atoms with E-state index in [9.17, 15) is 14.3 Å². The number of hydrogen-bond acceptors (Lipinski definition) is 2. The number of carboxylic acids is 1. The molecule has 0 bridgehead atoms. The molecule has 2 N–H and O–H groups in total. The Morgan fingerprint density at radius 3 is 2.73 bits per heavy atom. The first-order chi connectivity index (χ1) is 10.5. The molecule has 0 saturated heterocycles. The summed E-state index contributed by atoms with van der Waals surface area (Å²) >= 11 is 5.19. The Morgan fingerprint density at radius 2 is 2.18 bits per heavy atom. The molecule has 1 aromatic heterocycles. The molecule has 22 heavy (non-hydrogen) atoms. The van der Waals surface area contributed by atoms with Gasteiger partial charge in [0.05, 0.1) is 6.04 Å². The second-order valence-corrected chi connectivity index (χ2v) is 5.57. The number of H-pyrrole nitrogens is 1. The summed E-state index contributed by atoms with van der Waals surface area (Å²) in [6, 6.07) is 4.80. The van der Waals surface area contributed by atoms with Crippen molar-refractivity contribution in [3.8, 4) is 0 Å². The first-order valence-corrected chi connectivity index (χ1v) is 7.71. The highest BCUT2D eigenvalue weighted by Crippen LogP contribution is 2.26. The normalized spacial score (nSPS) is 12.3. The molecule has 2 rings (SSSR count). The third kappa shape index (κ3) is 3.11. The average molecular weight is 322 g/mol. The van der Waals surface area contributed by atoms with E-state index in [1.54, 1.807) is 6.07 Å². The molecule has 0 saturated carbocycles. The van der Waals surface area contributed by atoms with Gasteiger partial charge in [0.1, 0.15) is 11.5 Å². The number of carboxylic acid groups (broad SMARTS) is 1. The maximum atomic E-state index is 14.2. The molecule has 0 aliphatic carbocycles. The molecule has 1 heterocycles. The third-order valence-electron chi connectivity index (χ3n) is 3.71. The number of imidazole rings is 1. The van der Waals surface area contributed by atoms with E-state index >= 15 is 0 Å². The van der Waals surface area contributed by atoms with E-state index in [0.29, 0.717) is 23.2 Å². The fourth-order valence-corrected chi connectivity index (χ4v) is 2.95. The van der Waals surface area contributed by atoms with Gasteiger partial charge in [-0.2, -0.15) is 0 Å². The summed E-state index contributed by atoms with van der Waals surface area (Å²) in [4.78, 5) is 14.1. The Morgan fingerprint density at radius 1 is 1.45 bits per heavy atom. The number of aromatic amines is 1. The zero-order valence-corrected chi connectivity index (χ0v) is 13.4. The Hall–Kier alpha value is -1.95. The number of aromatic nitrogens is 2. The maximum Gasteiger partial charge on any atom is 0.354 e. The first-order valence-electron chi connectivity index (χ1n) is 7.31. The molecule has 0 aliphatic rings. The van der Waals surface area contributed by atoms with Crippen LogP contribution in [-0.4, -0.2) is 20.6 Å². The van der Waals surface area contributed by atoms with Crippen molar-refractivity contribution in [1.82, 2.24) is 9.55 Å². The Balaban J connectivity index is 2.49. The number of nitrogens with zero attached hydrogens (tertiary/aromatic N) is 1. The molecule has 0 radical (unpaired) electrons. The van der Waals surface area contributed by atoms with Gasteiger partial charge in [-0.3, -0.25) is 0 Å². The van der Waals surface area contributed by atoms with Crippen LogP contribution >= 0.6 is 12.2 Å². The van der Waals surface area contributed by atoms with Gasteiger partial charge >= 0.3 is 5.97 Å². The van der Waals surface area contributed by atoms with Crippen molar-refractivity contribution in [3.63, 3.8) is 0 Å². The zero-order valence-electron chi connectivity index (χ0n) is 12.6. The lowest BCUT2D eigenvalue weighted by atomic mass is 10.00. The van der Waals surface area contributed by atoms with Gasteiger partial charge < -0.3 is 14.7 Å². The second kappa shape index (κ2) is 6.87. The lowest BCUT2D eigenvalue weighted by molar-refractivity contribution is 0.0683. The van der Waals surface area contributed by atoms with Crippen molar-refractivity contribution in [2.24, 2.45) is 0 Å². The number of nitrogens with one attached hydrogen (secondary N) is 1. The molecule has 0 fully saturated rings. The Kier molecular flexibility index (Phi) is 5.13. The van der Waals surface area contributed by atoms with Crippen molar-refractivity contribution >= 4 is 18.2 Å². The molecule has 4 nitrogen and oxygen atoms in total. The maximum absolute atomic E-state index is 14.2. The van der Waals surface area contributed by atoms with Crippen LogP contribution in [0.2, 0.25) is 0 Å². The Labute approximate surface area is 133 Å². The van der Waals surface area contributed by atoms with E-state index in [2.05, 4.69) is 4.98 Å². The highest BCUT2D eigenvalue weighted by molar-refractivity contribution is 7.71. The summed E-state index contributed by atoms with van der Waals surface area (Å²) in [6.45, 7) is 3.92. The van der Waals surface area contributed by atoms with Gasteiger partial charge in [0.2, 0.25) is 0 Å². The summed E-state index contributed by atoms with van der Waals surface area (Å²) < 4.78 is 16.0. The van der Waals surface area contributed by atoms with Crippen LogP contribution in [0.15, 0.2) is 24.4 Å². The number of aromatic carboxylic acids is 1. The average Bonchev–Trinajstić information content (AvgIpc) is 2.85. The minimum absolute atomic E-state index is 0.0786. The van der Waals surface area contributed by atoms with Gasteiger partial charge in [0, 0.05) is 6.20 Å². The van der Waals surface area contributed by atoms with Crippen LogP contribution in [0.5, 0.6) is 0 Å². The number of hydrogen-bond donors (Lipinski definition) is 2. The highest BCUT2D eigenvalue weighted by Gasteiger charge is 2.20. The minimum Gasteiger partial charge on any atom is -0.477 e. The van der Waals surface area contributed by atoms with Crippen LogP contribution < -0.4 is 0 Å². The van der Waals surface area contributed by atoms with E-state index < -0.39 is 5.97 Å². The SMILES string of the molecule is CCCc1ccc(C(CC)n2c(C(=O)O)c[nH]c2=S)cc1F. The molecular weight excluding hydrogens is 303 g/mol. The summed E-state index contributed by atoms with van der Waals surface area (Å²) in [5.74, 6) is -1.31. The molecule has 1 aromatic carbocycles. The lowest BCUT2D eigenvalue weighted by Gasteiger charge is -2.19. The smallest absolute Gasteiger partial charge is 0.354 e. The van der Waals surface area contributed by atoms with Crippen molar-refractivity contribution in [2.45, 2.75) is 39.2 Å². The quantitative estimate of drug-likeness (QED) is 0.778. The lowest BCUT2D eigenvalue weighted by Crippen LogP contribution is -2.16. The Bertz CT molecular complexity index is 736. The molecule has 2 aromatic rings. The summed E-state index contributed by atoms with van der Waals surface area (Å²) in [7, 11) is 0. The predicted octanol–water partition coefficient (Wildman–Crippen LogP) is 4.33. The first kappa shape index (κ1) is 16.4. The monoisotopic (exact) mass is 322 g/mol. The van der Waals surface area contributed by atoms with Gasteiger partial charge in [0.25, 0.3) is 0 Å². The van der Waals surface area contributed by atoms with Gasteiger partial charge in [-0.25, -0.2) is 9.18 Å². The van der Waals surface area contributed by atoms with E-state index in [0.717, 1.165) is 12.0 Å². The predicted molar refractivity (Wildman–Crippen MR) is 85.4 cm³/mol. The van der Waals surface area contributed by atoms with E-state index in [-0.39, 0.29) is 17.6 Å². The highest BCUT2D eigenvalue weighted by atomic mass is 32.1. The van der Waals surface area contributed by atoms with Crippen LogP contribution in [0, 0.1) is 10.6 Å². The second-order valence-electron chi connectivity index (χ2n) is 5.18. The molecule has 0 aliphatic heterocycles. The topological polar surface area (TPSA) is 58.0 Å². The van der Waals surface area contributed by atoms with Gasteiger partial charge in [-0.1, -0.05) is 32.4 Å². The van der Waals surface area contributed by atoms with E-state index in [1.807, 2.05) is 19.9 Å². The summed E-state index contributed by atoms with van der Waals surface area (Å²) in [5.41, 5.74) is 1.48. The molecule has 6 heteroatoms. The van der Waals surface area contributed by atoms with Crippen LogP contribution in [0.3, 0.4) is 0 Å². The standard InChI is InChI=1S/C16H19FN2O2S/c1-3-5-10-6-7-11(8-12(10)17)13(4-2)19-14(15(20)21)9-18-16(19)22/h6-9,13H,3-5H2,1-2H3,(H,18,22)(H,20,21). The number of aryl methyl sites for hydroxylation is 1. The zero-order chi connectivity index (χ0) is 16.3. The van der Waals surface area contributed by atoms with Gasteiger partial charge in [-0.05, 0) is 42.3 Å². The van der Waals surface area contributed by atoms with Crippen molar-refractivity contribution in [2.75, 3.05) is 0 Å². The van der Waals surface area contributed by atoms with Crippen molar-refractivity contribution < 1.29 is 14.3 Å². The van der Waals surface area contributed by atoms with E-state index in [1.165, 1.54) is 16.8 Å². The van der Waals surface area contributed by atoms with Gasteiger partial charge in [-0.15, -0.1) is 0 Å². The number of carbonyl (C=O) groups is 1. The van der Waals surface area contributed by atoms with Crippen molar-refractivity contribution in [3.05, 3.63) is 51.8 Å².